The van der Waals surface area contributed by atoms with Gasteiger partial charge in [-0.15, -0.1) is 0 Å². The Hall–Kier alpha value is -0.880. The Bertz CT molecular complexity index is 419. The van der Waals surface area contributed by atoms with Gasteiger partial charge in [0, 0.05) is 6.20 Å². The summed E-state index contributed by atoms with van der Waals surface area (Å²) in [4.78, 5) is 11.6. The number of halogens is 1. The number of hydrogen-bond donors (Lipinski definition) is 2. The quantitative estimate of drug-likeness (QED) is 0.881. The van der Waals surface area contributed by atoms with E-state index in [9.17, 15) is 4.79 Å². The molecule has 6 heteroatoms. The van der Waals surface area contributed by atoms with E-state index in [1.807, 2.05) is 10.9 Å². The molecule has 0 aliphatic heterocycles. The minimum Gasteiger partial charge on any atom is -0.368 e. The molecule has 0 aromatic carbocycles. The molecule has 1 aromatic heterocycles. The molecule has 5 nitrogen and oxygen atoms in total. The first-order valence-corrected chi connectivity index (χ1v) is 6.55. The lowest BCUT2D eigenvalue weighted by molar-refractivity contribution is -0.126. The van der Waals surface area contributed by atoms with Crippen LogP contribution >= 0.6 is 15.9 Å². The van der Waals surface area contributed by atoms with Crippen LogP contribution in [0, 0.1) is 0 Å². The van der Waals surface area contributed by atoms with Crippen molar-refractivity contribution in [3.05, 3.63) is 16.9 Å². The summed E-state index contributed by atoms with van der Waals surface area (Å²) in [6, 6.07) is 0.231. The van der Waals surface area contributed by atoms with E-state index in [2.05, 4.69) is 26.3 Å². The van der Waals surface area contributed by atoms with E-state index in [1.165, 1.54) is 0 Å². The molecule has 0 spiro atoms. The van der Waals surface area contributed by atoms with E-state index in [0.717, 1.165) is 23.7 Å². The van der Waals surface area contributed by atoms with Crippen molar-refractivity contribution in [1.82, 2.24) is 15.1 Å². The molecular formula is C11H17BrN4O. The van der Waals surface area contributed by atoms with Crippen LogP contribution in [-0.4, -0.2) is 28.3 Å². The predicted octanol–water partition coefficient (Wildman–Crippen LogP) is 1.20. The first-order valence-electron chi connectivity index (χ1n) is 5.76. The Labute approximate surface area is 109 Å². The Morgan fingerprint density at radius 3 is 3.06 bits per heavy atom. The van der Waals surface area contributed by atoms with Gasteiger partial charge in [-0.2, -0.15) is 5.10 Å². The number of amides is 1. The van der Waals surface area contributed by atoms with Gasteiger partial charge in [0.25, 0.3) is 0 Å². The van der Waals surface area contributed by atoms with Gasteiger partial charge in [0.2, 0.25) is 5.91 Å². The first kappa shape index (κ1) is 12.6. The maximum atomic E-state index is 11.6. The molecule has 1 fully saturated rings. The van der Waals surface area contributed by atoms with Crippen LogP contribution in [0.15, 0.2) is 16.9 Å². The number of nitrogens with zero attached hydrogens (tertiary/aromatic N) is 2. The fourth-order valence-electron chi connectivity index (χ4n) is 2.56. The Morgan fingerprint density at radius 2 is 2.53 bits per heavy atom. The number of nitrogens with one attached hydrogen (secondary N) is 1. The minimum absolute atomic E-state index is 0.231. The monoisotopic (exact) mass is 300 g/mol. The van der Waals surface area contributed by atoms with Crippen molar-refractivity contribution in [2.24, 2.45) is 5.73 Å². The highest BCUT2D eigenvalue weighted by Gasteiger charge is 2.40. The molecule has 1 heterocycles. The summed E-state index contributed by atoms with van der Waals surface area (Å²) in [6.07, 6.45) is 7.22. The van der Waals surface area contributed by atoms with Gasteiger partial charge in [0.15, 0.2) is 0 Å². The van der Waals surface area contributed by atoms with Gasteiger partial charge in [-0.25, -0.2) is 0 Å². The van der Waals surface area contributed by atoms with Gasteiger partial charge in [0.1, 0.15) is 0 Å². The fourth-order valence-corrected chi connectivity index (χ4v) is 2.86. The van der Waals surface area contributed by atoms with Gasteiger partial charge in [-0.1, -0.05) is 0 Å². The SMILES string of the molecule is CNC1(C(N)=O)CCCC(n2cc(Br)cn2)C1. The van der Waals surface area contributed by atoms with E-state index in [4.69, 9.17) is 5.73 Å². The second-order valence-corrected chi connectivity index (χ2v) is 5.50. The average molecular weight is 301 g/mol. The molecule has 0 saturated heterocycles. The van der Waals surface area contributed by atoms with Crippen LogP contribution in [0.5, 0.6) is 0 Å². The molecule has 1 aliphatic rings. The summed E-state index contributed by atoms with van der Waals surface area (Å²) in [5.41, 5.74) is 4.94. The average Bonchev–Trinajstić information content (AvgIpc) is 2.76. The third-order valence-electron chi connectivity index (χ3n) is 3.62. The number of hydrogen-bond acceptors (Lipinski definition) is 3. The van der Waals surface area contributed by atoms with Crippen LogP contribution < -0.4 is 11.1 Å². The lowest BCUT2D eigenvalue weighted by Crippen LogP contribution is -2.56. The van der Waals surface area contributed by atoms with Crippen molar-refractivity contribution in [3.8, 4) is 0 Å². The molecule has 94 valence electrons. The molecule has 2 rings (SSSR count). The highest BCUT2D eigenvalue weighted by Crippen LogP contribution is 2.35. The normalized spacial score (nSPS) is 29.2. The second kappa shape index (κ2) is 4.78. The number of aromatic nitrogens is 2. The first-order chi connectivity index (χ1) is 8.07. The number of nitrogens with two attached hydrogens (primary N) is 1. The summed E-state index contributed by atoms with van der Waals surface area (Å²) in [6.45, 7) is 0. The topological polar surface area (TPSA) is 72.9 Å². The standard InChI is InChI=1S/C11H17BrN4O/c1-14-11(10(13)17)4-2-3-9(5-11)16-7-8(12)6-15-16/h6-7,9,14H,2-5H2,1H3,(H2,13,17). The molecular weight excluding hydrogens is 284 g/mol. The summed E-state index contributed by atoms with van der Waals surface area (Å²) in [5, 5.41) is 7.38. The highest BCUT2D eigenvalue weighted by molar-refractivity contribution is 9.10. The van der Waals surface area contributed by atoms with Gasteiger partial charge < -0.3 is 11.1 Å². The molecule has 0 radical (unpaired) electrons. The van der Waals surface area contributed by atoms with E-state index >= 15 is 0 Å². The van der Waals surface area contributed by atoms with Crippen LogP contribution in [0.2, 0.25) is 0 Å². The third-order valence-corrected chi connectivity index (χ3v) is 4.03. The molecule has 0 bridgehead atoms. The molecule has 1 aliphatic carbocycles. The van der Waals surface area contributed by atoms with Gasteiger partial charge in [-0.3, -0.25) is 9.48 Å². The van der Waals surface area contributed by atoms with Crippen molar-refractivity contribution >= 4 is 21.8 Å². The summed E-state index contributed by atoms with van der Waals surface area (Å²) < 4.78 is 2.87. The molecule has 1 amide bonds. The van der Waals surface area contributed by atoms with Crippen molar-refractivity contribution < 1.29 is 4.79 Å². The minimum atomic E-state index is -0.582. The number of rotatable bonds is 3. The zero-order chi connectivity index (χ0) is 12.5. The molecule has 17 heavy (non-hydrogen) atoms. The van der Waals surface area contributed by atoms with Gasteiger partial charge in [0.05, 0.1) is 22.3 Å². The van der Waals surface area contributed by atoms with Gasteiger partial charge in [-0.05, 0) is 48.7 Å². The van der Waals surface area contributed by atoms with E-state index < -0.39 is 5.54 Å². The van der Waals surface area contributed by atoms with E-state index in [-0.39, 0.29) is 11.9 Å². The van der Waals surface area contributed by atoms with Crippen LogP contribution in [0.4, 0.5) is 0 Å². The van der Waals surface area contributed by atoms with Crippen molar-refractivity contribution in [2.75, 3.05) is 7.05 Å². The predicted molar refractivity (Wildman–Crippen MR) is 68.4 cm³/mol. The van der Waals surface area contributed by atoms with Crippen LogP contribution in [-0.2, 0) is 4.79 Å². The largest absolute Gasteiger partial charge is 0.368 e. The maximum Gasteiger partial charge on any atom is 0.237 e. The Kier molecular flexibility index (Phi) is 3.53. The molecule has 3 N–H and O–H groups in total. The van der Waals surface area contributed by atoms with E-state index in [0.29, 0.717) is 6.42 Å². The zero-order valence-corrected chi connectivity index (χ0v) is 11.4. The maximum absolute atomic E-state index is 11.6. The highest BCUT2D eigenvalue weighted by atomic mass is 79.9. The molecule has 1 saturated carbocycles. The Morgan fingerprint density at radius 1 is 1.76 bits per heavy atom. The van der Waals surface area contributed by atoms with Crippen LogP contribution in [0.3, 0.4) is 0 Å². The fraction of sp³-hybridized carbons (Fsp3) is 0.636. The lowest BCUT2D eigenvalue weighted by atomic mass is 9.78. The number of likely N-dealkylation sites (N-methyl/N-ethyl adjacent to an activating group) is 1. The summed E-state index contributed by atoms with van der Waals surface area (Å²) in [7, 11) is 1.80. The summed E-state index contributed by atoms with van der Waals surface area (Å²) >= 11 is 3.38. The van der Waals surface area contributed by atoms with Crippen molar-refractivity contribution in [1.29, 1.82) is 0 Å². The van der Waals surface area contributed by atoms with Crippen molar-refractivity contribution in [2.45, 2.75) is 37.3 Å². The molecule has 1 aromatic rings. The van der Waals surface area contributed by atoms with Crippen LogP contribution in [0.1, 0.15) is 31.7 Å². The van der Waals surface area contributed by atoms with Crippen molar-refractivity contribution in [3.63, 3.8) is 0 Å². The third kappa shape index (κ3) is 2.37. The van der Waals surface area contributed by atoms with Crippen LogP contribution in [0.25, 0.3) is 0 Å². The molecule has 2 atom stereocenters. The van der Waals surface area contributed by atoms with E-state index in [1.54, 1.807) is 13.2 Å². The Balaban J connectivity index is 2.19. The number of carbonyl (C=O) groups excluding carboxylic acids is 1. The van der Waals surface area contributed by atoms with Gasteiger partial charge >= 0.3 is 0 Å². The number of primary amides is 1. The second-order valence-electron chi connectivity index (χ2n) is 4.59. The number of carbonyl (C=O) groups is 1. The molecule has 2 unspecified atom stereocenters. The lowest BCUT2D eigenvalue weighted by Gasteiger charge is -2.38. The summed E-state index contributed by atoms with van der Waals surface area (Å²) in [5.74, 6) is -0.268. The zero-order valence-electron chi connectivity index (χ0n) is 9.82. The smallest absolute Gasteiger partial charge is 0.237 e.